The number of hydrogen-bond acceptors (Lipinski definition) is 3. The van der Waals surface area contributed by atoms with Crippen LogP contribution in [0.15, 0.2) is 30.3 Å². The summed E-state index contributed by atoms with van der Waals surface area (Å²) in [5.41, 5.74) is 1.05. The highest BCUT2D eigenvalue weighted by molar-refractivity contribution is 5.88. The molecule has 0 spiro atoms. The maximum Gasteiger partial charge on any atom is 0.303 e. The van der Waals surface area contributed by atoms with Crippen molar-refractivity contribution in [1.82, 2.24) is 4.90 Å². The van der Waals surface area contributed by atoms with Gasteiger partial charge in [0.1, 0.15) is 5.75 Å². The number of carbonyl (C=O) groups is 1. The van der Waals surface area contributed by atoms with Crippen LogP contribution in [0, 0.1) is 11.8 Å². The Morgan fingerprint density at radius 1 is 1.15 bits per heavy atom. The summed E-state index contributed by atoms with van der Waals surface area (Å²) in [7, 11) is 0. The van der Waals surface area contributed by atoms with E-state index in [4.69, 9.17) is 9.84 Å². The second kappa shape index (κ2) is 10.4. The highest BCUT2D eigenvalue weighted by Gasteiger charge is 2.27. The molecule has 0 amide bonds. The number of halogens is 2. The third kappa shape index (κ3) is 5.65. The van der Waals surface area contributed by atoms with Gasteiger partial charge in [-0.25, -0.2) is 8.78 Å². The Bertz CT molecular complexity index is 971. The van der Waals surface area contributed by atoms with E-state index in [0.717, 1.165) is 62.6 Å². The maximum atomic E-state index is 14.1. The van der Waals surface area contributed by atoms with E-state index in [-0.39, 0.29) is 30.0 Å². The zero-order valence-corrected chi connectivity index (χ0v) is 19.6. The molecule has 4 nitrogen and oxygen atoms in total. The molecule has 1 aliphatic heterocycles. The Hall–Kier alpha value is -2.21. The van der Waals surface area contributed by atoms with Crippen molar-refractivity contribution in [3.05, 3.63) is 41.5 Å². The fourth-order valence-corrected chi connectivity index (χ4v) is 5.54. The molecule has 1 aliphatic carbocycles. The summed E-state index contributed by atoms with van der Waals surface area (Å²) in [6.07, 6.45) is 3.50. The molecule has 1 saturated heterocycles. The molecule has 0 bridgehead atoms. The number of ether oxygens (including phenoxy) is 1. The highest BCUT2D eigenvalue weighted by Crippen LogP contribution is 2.39. The first-order chi connectivity index (χ1) is 15.8. The number of piperidine rings is 1. The minimum atomic E-state index is -2.60. The number of rotatable bonds is 7. The number of hydrogen-bond donors (Lipinski definition) is 1. The first-order valence-corrected chi connectivity index (χ1v) is 12.3. The molecule has 1 saturated carbocycles. The van der Waals surface area contributed by atoms with Gasteiger partial charge in [0.2, 0.25) is 0 Å². The molecule has 2 aliphatic rings. The van der Waals surface area contributed by atoms with Gasteiger partial charge in [0.05, 0.1) is 11.7 Å². The molecule has 2 aromatic carbocycles. The second-order valence-electron chi connectivity index (χ2n) is 10.0. The summed E-state index contributed by atoms with van der Waals surface area (Å²) in [5.74, 6) is 0.397. The quantitative estimate of drug-likeness (QED) is 0.485. The normalized spacial score (nSPS) is 25.3. The second-order valence-corrected chi connectivity index (χ2v) is 10.0. The Morgan fingerprint density at radius 2 is 1.91 bits per heavy atom. The van der Waals surface area contributed by atoms with Gasteiger partial charge in [0, 0.05) is 19.0 Å². The van der Waals surface area contributed by atoms with E-state index < -0.39 is 12.4 Å². The topological polar surface area (TPSA) is 49.8 Å². The SMILES string of the molecule is CC1CCC(Oc2ccc3cc([C@@H](C)N4CCC[C@H](CC(=O)O)C4)ccc3c2C(F)F)CC1. The highest BCUT2D eigenvalue weighted by atomic mass is 19.3. The van der Waals surface area contributed by atoms with Crippen LogP contribution >= 0.6 is 0 Å². The number of nitrogens with zero attached hydrogens (tertiary/aromatic N) is 1. The summed E-state index contributed by atoms with van der Waals surface area (Å²) in [4.78, 5) is 13.4. The predicted octanol–water partition coefficient (Wildman–Crippen LogP) is 6.98. The third-order valence-corrected chi connectivity index (χ3v) is 7.56. The lowest BCUT2D eigenvalue weighted by atomic mass is 9.89. The maximum absolute atomic E-state index is 14.1. The van der Waals surface area contributed by atoms with Crippen LogP contribution < -0.4 is 4.74 Å². The molecule has 6 heteroatoms. The van der Waals surface area contributed by atoms with Gasteiger partial charge in [0.25, 0.3) is 6.43 Å². The molecule has 0 unspecified atom stereocenters. The van der Waals surface area contributed by atoms with Crippen LogP contribution in [0.3, 0.4) is 0 Å². The summed E-state index contributed by atoms with van der Waals surface area (Å²) in [6, 6.07) is 9.43. The van der Waals surface area contributed by atoms with Gasteiger partial charge in [-0.3, -0.25) is 9.69 Å². The van der Waals surface area contributed by atoms with E-state index >= 15 is 0 Å². The molecule has 4 rings (SSSR count). The van der Waals surface area contributed by atoms with Crippen molar-refractivity contribution in [3.8, 4) is 5.75 Å². The molecule has 1 N–H and O–H groups in total. The standard InChI is InChI=1S/C27H35F2NO3/c1-17-5-9-22(10-6-17)33-24-12-8-21-15-20(7-11-23(21)26(24)27(28)29)18(2)30-13-3-4-19(16-30)14-25(31)32/h7-8,11-12,15,17-19,22,27H,3-6,9-10,13-14,16H2,1-2H3,(H,31,32)/t17?,18-,19-,22?/m1/s1. The van der Waals surface area contributed by atoms with Crippen LogP contribution in [0.25, 0.3) is 10.8 Å². The van der Waals surface area contributed by atoms with Crippen LogP contribution in [0.5, 0.6) is 5.75 Å². The first-order valence-electron chi connectivity index (χ1n) is 12.3. The summed E-state index contributed by atoms with van der Waals surface area (Å²) in [5, 5.41) is 10.5. The Morgan fingerprint density at radius 3 is 2.61 bits per heavy atom. The van der Waals surface area contributed by atoms with Gasteiger partial charge >= 0.3 is 5.97 Å². The molecule has 2 aromatic rings. The van der Waals surface area contributed by atoms with Crippen LogP contribution in [-0.4, -0.2) is 35.2 Å². The van der Waals surface area contributed by atoms with Crippen molar-refractivity contribution < 1.29 is 23.4 Å². The number of fused-ring (bicyclic) bond motifs is 1. The largest absolute Gasteiger partial charge is 0.490 e. The Balaban J connectivity index is 1.55. The first kappa shape index (κ1) is 23.9. The lowest BCUT2D eigenvalue weighted by Gasteiger charge is -2.36. The molecule has 2 fully saturated rings. The van der Waals surface area contributed by atoms with Crippen LogP contribution in [-0.2, 0) is 4.79 Å². The Labute approximate surface area is 194 Å². The van der Waals surface area contributed by atoms with Gasteiger partial charge in [-0.05, 0) is 92.3 Å². The molecule has 33 heavy (non-hydrogen) atoms. The zero-order valence-electron chi connectivity index (χ0n) is 19.6. The van der Waals surface area contributed by atoms with E-state index in [0.29, 0.717) is 17.1 Å². The molecule has 0 radical (unpaired) electrons. The average molecular weight is 460 g/mol. The molecule has 1 heterocycles. The predicted molar refractivity (Wildman–Crippen MR) is 126 cm³/mol. The van der Waals surface area contributed by atoms with Gasteiger partial charge in [-0.1, -0.05) is 25.1 Å². The van der Waals surface area contributed by atoms with Crippen LogP contribution in [0.2, 0.25) is 0 Å². The van der Waals surface area contributed by atoms with Crippen molar-refractivity contribution in [3.63, 3.8) is 0 Å². The van der Waals surface area contributed by atoms with E-state index in [1.165, 1.54) is 0 Å². The van der Waals surface area contributed by atoms with Crippen molar-refractivity contribution >= 4 is 16.7 Å². The van der Waals surface area contributed by atoms with Crippen molar-refractivity contribution in [2.45, 2.75) is 77.4 Å². The Kier molecular flexibility index (Phi) is 7.52. The van der Waals surface area contributed by atoms with Gasteiger partial charge in [0.15, 0.2) is 0 Å². The number of carboxylic acid groups (broad SMARTS) is 1. The third-order valence-electron chi connectivity index (χ3n) is 7.56. The van der Waals surface area contributed by atoms with Crippen molar-refractivity contribution in [2.75, 3.05) is 13.1 Å². The summed E-state index contributed by atoms with van der Waals surface area (Å²) < 4.78 is 34.4. The van der Waals surface area contributed by atoms with Crippen molar-refractivity contribution in [1.29, 1.82) is 0 Å². The summed E-state index contributed by atoms with van der Waals surface area (Å²) >= 11 is 0. The summed E-state index contributed by atoms with van der Waals surface area (Å²) in [6.45, 7) is 6.01. The minimum Gasteiger partial charge on any atom is -0.490 e. The van der Waals surface area contributed by atoms with Gasteiger partial charge in [-0.15, -0.1) is 0 Å². The lowest BCUT2D eigenvalue weighted by molar-refractivity contribution is -0.138. The van der Waals surface area contributed by atoms with Gasteiger partial charge < -0.3 is 9.84 Å². The number of aliphatic carboxylic acids is 1. The fraction of sp³-hybridized carbons (Fsp3) is 0.593. The minimum absolute atomic E-state index is 0.00768. The molecule has 2 atom stereocenters. The van der Waals surface area contributed by atoms with E-state index in [9.17, 15) is 13.6 Å². The van der Waals surface area contributed by atoms with Gasteiger partial charge in [-0.2, -0.15) is 0 Å². The number of benzene rings is 2. The van der Waals surface area contributed by atoms with E-state index in [1.807, 2.05) is 18.2 Å². The van der Waals surface area contributed by atoms with Crippen LogP contribution in [0.1, 0.15) is 82.4 Å². The lowest BCUT2D eigenvalue weighted by Crippen LogP contribution is -2.37. The monoisotopic (exact) mass is 459 g/mol. The number of alkyl halides is 2. The smallest absolute Gasteiger partial charge is 0.303 e. The number of carboxylic acids is 1. The van der Waals surface area contributed by atoms with Crippen LogP contribution in [0.4, 0.5) is 8.78 Å². The molecule has 180 valence electrons. The fourth-order valence-electron chi connectivity index (χ4n) is 5.54. The average Bonchev–Trinajstić information content (AvgIpc) is 2.79. The zero-order chi connectivity index (χ0) is 23.5. The number of likely N-dealkylation sites (tertiary alicyclic amines) is 1. The van der Waals surface area contributed by atoms with E-state index in [2.05, 4.69) is 18.7 Å². The molecule has 0 aromatic heterocycles. The van der Waals surface area contributed by atoms with E-state index in [1.54, 1.807) is 12.1 Å². The molecular weight excluding hydrogens is 424 g/mol. The molecular formula is C27H35F2NO3. The van der Waals surface area contributed by atoms with Crippen molar-refractivity contribution in [2.24, 2.45) is 11.8 Å².